The van der Waals surface area contributed by atoms with Crippen LogP contribution in [-0.2, 0) is 7.05 Å². The SMILES string of the molecule is Cc1ccc2c(c1)c(C(C)CN)c(C)n2C. The van der Waals surface area contributed by atoms with Gasteiger partial charge in [0.25, 0.3) is 0 Å². The Morgan fingerprint density at radius 2 is 2.00 bits per heavy atom. The lowest BCUT2D eigenvalue weighted by Crippen LogP contribution is -2.10. The summed E-state index contributed by atoms with van der Waals surface area (Å²) in [5.41, 5.74) is 11.2. The van der Waals surface area contributed by atoms with E-state index >= 15 is 0 Å². The van der Waals surface area contributed by atoms with E-state index in [1.807, 2.05) is 0 Å². The van der Waals surface area contributed by atoms with Gasteiger partial charge in [-0.1, -0.05) is 18.6 Å². The van der Waals surface area contributed by atoms with Gasteiger partial charge in [-0.05, 0) is 44.0 Å². The molecule has 0 aliphatic heterocycles. The highest BCUT2D eigenvalue weighted by molar-refractivity contribution is 5.86. The van der Waals surface area contributed by atoms with Gasteiger partial charge in [-0.25, -0.2) is 0 Å². The molecule has 2 N–H and O–H groups in total. The van der Waals surface area contributed by atoms with Crippen molar-refractivity contribution in [1.82, 2.24) is 4.57 Å². The minimum atomic E-state index is 0.422. The van der Waals surface area contributed by atoms with E-state index in [1.54, 1.807) is 0 Å². The van der Waals surface area contributed by atoms with E-state index in [-0.39, 0.29) is 0 Å². The summed E-state index contributed by atoms with van der Waals surface area (Å²) in [6.45, 7) is 7.22. The number of nitrogens with zero attached hydrogens (tertiary/aromatic N) is 1. The average Bonchev–Trinajstić information content (AvgIpc) is 2.51. The number of rotatable bonds is 2. The first-order valence-corrected chi connectivity index (χ1v) is 5.81. The van der Waals surface area contributed by atoms with Gasteiger partial charge < -0.3 is 10.3 Å². The Balaban J connectivity index is 2.80. The number of fused-ring (bicyclic) bond motifs is 1. The minimum Gasteiger partial charge on any atom is -0.348 e. The van der Waals surface area contributed by atoms with Crippen molar-refractivity contribution in [3.05, 3.63) is 35.0 Å². The molecule has 86 valence electrons. The fourth-order valence-electron chi connectivity index (χ4n) is 2.45. The third-order valence-electron chi connectivity index (χ3n) is 3.54. The summed E-state index contributed by atoms with van der Waals surface area (Å²) >= 11 is 0. The fourth-order valence-corrected chi connectivity index (χ4v) is 2.45. The van der Waals surface area contributed by atoms with Crippen molar-refractivity contribution in [2.75, 3.05) is 6.54 Å². The summed E-state index contributed by atoms with van der Waals surface area (Å²) in [4.78, 5) is 0. The van der Waals surface area contributed by atoms with Crippen LogP contribution in [0.4, 0.5) is 0 Å². The zero-order valence-corrected chi connectivity index (χ0v) is 10.5. The molecule has 0 aliphatic rings. The second-order valence-electron chi connectivity index (χ2n) is 4.72. The van der Waals surface area contributed by atoms with Crippen molar-refractivity contribution in [2.45, 2.75) is 26.7 Å². The van der Waals surface area contributed by atoms with Crippen molar-refractivity contribution in [1.29, 1.82) is 0 Å². The lowest BCUT2D eigenvalue weighted by molar-refractivity contribution is 0.761. The van der Waals surface area contributed by atoms with Crippen molar-refractivity contribution < 1.29 is 0 Å². The molecule has 0 spiro atoms. The Morgan fingerprint density at radius 1 is 1.31 bits per heavy atom. The molecule has 0 fully saturated rings. The molecule has 0 aliphatic carbocycles. The molecule has 0 saturated heterocycles. The third-order valence-corrected chi connectivity index (χ3v) is 3.54. The van der Waals surface area contributed by atoms with E-state index in [0.29, 0.717) is 12.5 Å². The van der Waals surface area contributed by atoms with Crippen LogP contribution in [0, 0.1) is 13.8 Å². The molecule has 1 unspecified atom stereocenters. The Kier molecular flexibility index (Phi) is 2.76. The fraction of sp³-hybridized carbons (Fsp3) is 0.429. The van der Waals surface area contributed by atoms with Crippen LogP contribution >= 0.6 is 0 Å². The molecule has 0 saturated carbocycles. The van der Waals surface area contributed by atoms with Gasteiger partial charge in [0.1, 0.15) is 0 Å². The van der Waals surface area contributed by atoms with Crippen molar-refractivity contribution >= 4 is 10.9 Å². The van der Waals surface area contributed by atoms with E-state index in [9.17, 15) is 0 Å². The minimum absolute atomic E-state index is 0.422. The number of aromatic nitrogens is 1. The maximum absolute atomic E-state index is 5.80. The number of aryl methyl sites for hydroxylation is 2. The topological polar surface area (TPSA) is 30.9 Å². The van der Waals surface area contributed by atoms with Gasteiger partial charge in [0.05, 0.1) is 0 Å². The predicted octanol–water partition coefficient (Wildman–Crippen LogP) is 2.86. The lowest BCUT2D eigenvalue weighted by atomic mass is 9.97. The Hall–Kier alpha value is -1.28. The quantitative estimate of drug-likeness (QED) is 0.822. The average molecular weight is 216 g/mol. The summed E-state index contributed by atoms with van der Waals surface area (Å²) in [5.74, 6) is 0.422. The van der Waals surface area contributed by atoms with Gasteiger partial charge in [-0.2, -0.15) is 0 Å². The highest BCUT2D eigenvalue weighted by atomic mass is 14.9. The highest BCUT2D eigenvalue weighted by Gasteiger charge is 2.16. The molecule has 2 heteroatoms. The van der Waals surface area contributed by atoms with Crippen LogP contribution in [0.15, 0.2) is 18.2 Å². The van der Waals surface area contributed by atoms with Crippen LogP contribution in [0.3, 0.4) is 0 Å². The molecule has 1 heterocycles. The zero-order valence-electron chi connectivity index (χ0n) is 10.5. The van der Waals surface area contributed by atoms with E-state index in [1.165, 1.54) is 27.7 Å². The van der Waals surface area contributed by atoms with Gasteiger partial charge >= 0.3 is 0 Å². The van der Waals surface area contributed by atoms with Gasteiger partial charge in [0.2, 0.25) is 0 Å². The summed E-state index contributed by atoms with van der Waals surface area (Å²) in [6, 6.07) is 6.63. The van der Waals surface area contributed by atoms with Crippen molar-refractivity contribution in [3.8, 4) is 0 Å². The highest BCUT2D eigenvalue weighted by Crippen LogP contribution is 2.31. The summed E-state index contributed by atoms with van der Waals surface area (Å²) in [7, 11) is 2.12. The van der Waals surface area contributed by atoms with Gasteiger partial charge in [-0.15, -0.1) is 0 Å². The maximum Gasteiger partial charge on any atom is 0.0482 e. The largest absolute Gasteiger partial charge is 0.348 e. The van der Waals surface area contributed by atoms with Crippen LogP contribution in [0.2, 0.25) is 0 Å². The normalized spacial score (nSPS) is 13.3. The van der Waals surface area contributed by atoms with E-state index < -0.39 is 0 Å². The number of benzene rings is 1. The van der Waals surface area contributed by atoms with Crippen LogP contribution < -0.4 is 5.73 Å². The maximum atomic E-state index is 5.80. The number of hydrogen-bond donors (Lipinski definition) is 1. The molecule has 1 aromatic heterocycles. The van der Waals surface area contributed by atoms with Crippen LogP contribution in [0.25, 0.3) is 10.9 Å². The molecule has 1 aromatic carbocycles. The molecule has 0 amide bonds. The molecule has 2 rings (SSSR count). The Bertz CT molecular complexity index is 523. The molecular formula is C14H20N2. The van der Waals surface area contributed by atoms with Crippen molar-refractivity contribution in [3.63, 3.8) is 0 Å². The third kappa shape index (κ3) is 1.54. The molecule has 2 aromatic rings. The predicted molar refractivity (Wildman–Crippen MR) is 69.9 cm³/mol. The molecule has 1 atom stereocenters. The van der Waals surface area contributed by atoms with Crippen LogP contribution in [0.1, 0.15) is 29.7 Å². The molecule has 2 nitrogen and oxygen atoms in total. The van der Waals surface area contributed by atoms with Gasteiger partial charge in [0.15, 0.2) is 0 Å². The lowest BCUT2D eigenvalue weighted by Gasteiger charge is -2.09. The molecule has 0 bridgehead atoms. The standard InChI is InChI=1S/C14H20N2/c1-9-5-6-13-12(7-9)14(10(2)8-15)11(3)16(13)4/h5-7,10H,8,15H2,1-4H3. The second kappa shape index (κ2) is 3.95. The number of hydrogen-bond acceptors (Lipinski definition) is 1. The van der Waals surface area contributed by atoms with Crippen LogP contribution in [0.5, 0.6) is 0 Å². The monoisotopic (exact) mass is 216 g/mol. The van der Waals surface area contributed by atoms with Crippen LogP contribution in [-0.4, -0.2) is 11.1 Å². The van der Waals surface area contributed by atoms with Gasteiger partial charge in [0, 0.05) is 23.6 Å². The summed E-state index contributed by atoms with van der Waals surface area (Å²) in [5, 5.41) is 1.36. The number of nitrogens with two attached hydrogens (primary N) is 1. The van der Waals surface area contributed by atoms with E-state index in [0.717, 1.165) is 0 Å². The van der Waals surface area contributed by atoms with E-state index in [4.69, 9.17) is 5.73 Å². The van der Waals surface area contributed by atoms with Gasteiger partial charge in [-0.3, -0.25) is 0 Å². The second-order valence-corrected chi connectivity index (χ2v) is 4.72. The Labute approximate surface area is 97.1 Å². The first-order valence-electron chi connectivity index (χ1n) is 5.81. The smallest absolute Gasteiger partial charge is 0.0482 e. The summed E-state index contributed by atoms with van der Waals surface area (Å²) < 4.78 is 2.26. The Morgan fingerprint density at radius 3 is 2.62 bits per heavy atom. The van der Waals surface area contributed by atoms with E-state index in [2.05, 4.69) is 50.6 Å². The van der Waals surface area contributed by atoms with Crippen molar-refractivity contribution in [2.24, 2.45) is 12.8 Å². The molecular weight excluding hydrogens is 196 g/mol. The summed E-state index contributed by atoms with van der Waals surface area (Å²) in [6.07, 6.45) is 0. The molecule has 0 radical (unpaired) electrons. The zero-order chi connectivity index (χ0) is 11.9. The first kappa shape index (κ1) is 11.2. The molecule has 16 heavy (non-hydrogen) atoms. The first-order chi connectivity index (χ1) is 7.56.